The number of carbonyl (C=O) groups excluding carboxylic acids is 7. The van der Waals surface area contributed by atoms with Crippen molar-refractivity contribution in [3.05, 3.63) is 98.3 Å². The van der Waals surface area contributed by atoms with Gasteiger partial charge in [0.1, 0.15) is 24.7 Å². The van der Waals surface area contributed by atoms with E-state index in [-0.39, 0.29) is 61.0 Å². The lowest BCUT2D eigenvalue weighted by atomic mass is 9.85. The van der Waals surface area contributed by atoms with E-state index in [4.69, 9.17) is 4.74 Å². The van der Waals surface area contributed by atoms with Gasteiger partial charge in [0.15, 0.2) is 0 Å². The highest BCUT2D eigenvalue weighted by Gasteiger charge is 2.51. The quantitative estimate of drug-likeness (QED) is 0.0368. The molecule has 2 fully saturated rings. The molecule has 4 aromatic rings. The van der Waals surface area contributed by atoms with Gasteiger partial charge in [0.05, 0.1) is 11.0 Å². The Kier molecular flexibility index (Phi) is 16.5. The van der Waals surface area contributed by atoms with Crippen molar-refractivity contribution in [2.75, 3.05) is 31.6 Å². The molecule has 7 amide bonds. The van der Waals surface area contributed by atoms with Crippen LogP contribution in [0.4, 0.5) is 14.5 Å². The van der Waals surface area contributed by atoms with Gasteiger partial charge in [0, 0.05) is 77.5 Å². The summed E-state index contributed by atoms with van der Waals surface area (Å²) >= 11 is 4.33. The number of piperidine rings is 1. The lowest BCUT2D eigenvalue weighted by Crippen LogP contribution is -2.57. The molecular weight excluding hydrogens is 1040 g/mol. The van der Waals surface area contributed by atoms with Crippen molar-refractivity contribution in [1.29, 1.82) is 0 Å². The second-order valence-electron chi connectivity index (χ2n) is 19.0. The van der Waals surface area contributed by atoms with Gasteiger partial charge in [-0.05, 0) is 90.2 Å². The van der Waals surface area contributed by atoms with Crippen LogP contribution >= 0.6 is 34.9 Å². The van der Waals surface area contributed by atoms with E-state index in [2.05, 4.69) is 43.7 Å². The van der Waals surface area contributed by atoms with Crippen molar-refractivity contribution in [3.63, 3.8) is 0 Å². The number of rotatable bonds is 16. The van der Waals surface area contributed by atoms with Crippen molar-refractivity contribution in [1.82, 2.24) is 25.8 Å². The third-order valence-electron chi connectivity index (χ3n) is 12.8. The van der Waals surface area contributed by atoms with E-state index >= 15 is 0 Å². The molecule has 72 heavy (non-hydrogen) atoms. The number of carbonyl (C=O) groups is 7. The minimum absolute atomic E-state index is 0.0434. The Morgan fingerprint density at radius 3 is 2.46 bits per heavy atom. The van der Waals surface area contributed by atoms with Crippen LogP contribution in [0.1, 0.15) is 102 Å². The maximum absolute atomic E-state index is 14.7. The van der Waals surface area contributed by atoms with Crippen LogP contribution < -0.4 is 20.9 Å². The van der Waals surface area contributed by atoms with Crippen LogP contribution in [0.15, 0.2) is 71.2 Å². The molecule has 4 heterocycles. The molecule has 3 aliphatic rings. The molecule has 0 aliphatic carbocycles. The van der Waals surface area contributed by atoms with Crippen molar-refractivity contribution in [2.24, 2.45) is 5.41 Å². The second-order valence-corrected chi connectivity index (χ2v) is 22.6. The van der Waals surface area contributed by atoms with Crippen LogP contribution in [0.5, 0.6) is 0 Å². The molecule has 3 aromatic carbocycles. The molecule has 0 radical (unpaired) electrons. The number of amides is 7. The zero-order valence-corrected chi connectivity index (χ0v) is 43.1. The number of fused-ring (bicyclic) bond motifs is 2. The summed E-state index contributed by atoms with van der Waals surface area (Å²) < 4.78 is 47.8. The average Bonchev–Trinajstić information content (AvgIpc) is 4.05. The summed E-state index contributed by atoms with van der Waals surface area (Å²) in [5, 5.41) is 8.07. The number of halogens is 3. The summed E-state index contributed by atoms with van der Waals surface area (Å²) in [6, 6.07) is 13.6. The number of anilines is 1. The Morgan fingerprint density at radius 1 is 1.03 bits per heavy atom. The number of nitrogens with one attached hydrogen (secondary N) is 3. The van der Waals surface area contributed by atoms with Crippen molar-refractivity contribution < 1.29 is 61.4 Å². The molecule has 0 bridgehead atoms. The zero-order chi connectivity index (χ0) is 52.3. The monoisotopic (exact) mass is 1090 g/mol. The highest BCUT2D eigenvalue weighted by Crippen LogP contribution is 2.59. The minimum atomic E-state index is -5.85. The van der Waals surface area contributed by atoms with Crippen LogP contribution in [0.3, 0.4) is 0 Å². The number of unbranched alkanes of at least 4 members (excludes halogenated alkanes) is 3. The first-order valence-electron chi connectivity index (χ1n) is 23.2. The van der Waals surface area contributed by atoms with Crippen molar-refractivity contribution in [2.45, 2.75) is 102 Å². The van der Waals surface area contributed by atoms with Crippen LogP contribution in [0, 0.1) is 17.3 Å². The van der Waals surface area contributed by atoms with Gasteiger partial charge < -0.3 is 39.9 Å². The number of imide groups is 1. The highest BCUT2D eigenvalue weighted by atomic mass is 79.9. The molecule has 5 N–H and O–H groups in total. The Labute approximate surface area is 426 Å². The van der Waals surface area contributed by atoms with Gasteiger partial charge >= 0.3 is 13.3 Å². The number of nitrogens with zero attached hydrogens (tertiary/aromatic N) is 3. The summed E-state index contributed by atoms with van der Waals surface area (Å²) in [6.45, 7) is 5.34. The number of thiophene rings is 1. The Balaban J connectivity index is 0.936. The van der Waals surface area contributed by atoms with Crippen molar-refractivity contribution in [3.8, 4) is 11.8 Å². The summed E-state index contributed by atoms with van der Waals surface area (Å²) in [5.41, 5.74) is -3.80. The lowest BCUT2D eigenvalue weighted by Gasteiger charge is -2.36. The third kappa shape index (κ3) is 12.1. The van der Waals surface area contributed by atoms with E-state index in [0.29, 0.717) is 40.9 Å². The van der Waals surface area contributed by atoms with Gasteiger partial charge in [-0.15, -0.1) is 11.3 Å². The molecule has 382 valence electrons. The maximum atomic E-state index is 14.7. The molecule has 7 rings (SSSR count). The number of alkyl halides is 2. The zero-order valence-electron chi connectivity index (χ0n) is 39.8. The highest BCUT2D eigenvalue weighted by molar-refractivity contribution is 9.10. The fourth-order valence-corrected chi connectivity index (χ4v) is 10.5. The van der Waals surface area contributed by atoms with E-state index in [1.807, 2.05) is 6.07 Å². The number of hydrogen-bond acceptors (Lipinski definition) is 10. The summed E-state index contributed by atoms with van der Waals surface area (Å²) in [5.74, 6) is 3.10. The van der Waals surface area contributed by atoms with Gasteiger partial charge in [-0.25, -0.2) is 0 Å². The number of hydrogen-bond donors (Lipinski definition) is 5. The largest absolute Gasteiger partial charge is 0.399 e. The van der Waals surface area contributed by atoms with E-state index in [9.17, 15) is 56.7 Å². The van der Waals surface area contributed by atoms with Gasteiger partial charge in [0.2, 0.25) is 29.5 Å². The molecule has 17 nitrogen and oxygen atoms in total. The van der Waals surface area contributed by atoms with E-state index < -0.39 is 78.0 Å². The minimum Gasteiger partial charge on any atom is -0.366 e. The number of benzene rings is 3. The molecule has 22 heteroatoms. The average molecular weight is 1100 g/mol. The van der Waals surface area contributed by atoms with Gasteiger partial charge in [-0.1, -0.05) is 67.1 Å². The van der Waals surface area contributed by atoms with E-state index in [1.165, 1.54) is 26.8 Å². The number of likely N-dealkylation sites (N-methyl/N-ethyl adjacent to an activating group) is 1. The first kappa shape index (κ1) is 53.9. The fourth-order valence-electron chi connectivity index (χ4n) is 8.79. The molecule has 4 atom stereocenters. The molecule has 0 saturated carbocycles. The Bertz CT molecular complexity index is 2910. The molecule has 1 aromatic heterocycles. The van der Waals surface area contributed by atoms with Gasteiger partial charge in [-0.2, -0.15) is 8.78 Å². The van der Waals surface area contributed by atoms with Crippen molar-refractivity contribution >= 4 is 92.0 Å². The first-order valence-corrected chi connectivity index (χ1v) is 26.4. The predicted molar refractivity (Wildman–Crippen MR) is 267 cm³/mol. The molecular formula is C50H54BrF2N6O11PS. The van der Waals surface area contributed by atoms with E-state index in [0.717, 1.165) is 46.3 Å². The fraction of sp³-hybridized carbons (Fsp3) is 0.420. The Hall–Kier alpha value is -5.88. The number of likely N-dealkylation sites (tertiary alicyclic amines) is 1. The molecule has 3 aliphatic heterocycles. The summed E-state index contributed by atoms with van der Waals surface area (Å²) in [7, 11) is -4.27. The topological polar surface area (TPSA) is 232 Å². The van der Waals surface area contributed by atoms with E-state index in [1.54, 1.807) is 64.2 Å². The maximum Gasteiger partial charge on any atom is 0.399 e. The standard InChI is InChI=1S/C50H54BrF2N6O11PS/c1-49(2,3)43(56-45(63)40-24-30-23-31(14-20-39(30)72-40)50(52,53)71(67,68)69)48(66)58-26-34(25-38(58)47(65)57(4)33-17-15-32(51)16-18-33)70-28-42(61)54-22-9-7-5-6-8-11-29-12-10-13-35-36(29)27-59(46(35)64)37-19-21-41(60)55-44(37)62/h10,12-18,20,23-24,34,37-38,43H,5-7,9,19,21-22,25-28H2,1-4H3,(H,54,61)(H,56,63)(H,55,60,62)(H2,67,68,69)/t34-,37?,38+,43?/m1/s1. The third-order valence-corrected chi connectivity index (χ3v) is 15.4. The summed E-state index contributed by atoms with van der Waals surface area (Å²) in [4.78, 5) is 116. The molecule has 2 saturated heterocycles. The summed E-state index contributed by atoms with van der Waals surface area (Å²) in [6.07, 6.45) is 2.47. The Morgan fingerprint density at radius 2 is 1.76 bits per heavy atom. The molecule has 0 spiro atoms. The smallest absolute Gasteiger partial charge is 0.366 e. The van der Waals surface area contributed by atoms with Gasteiger partial charge in [-0.3, -0.25) is 43.4 Å². The van der Waals surface area contributed by atoms with Gasteiger partial charge in [0.25, 0.3) is 11.8 Å². The lowest BCUT2D eigenvalue weighted by molar-refractivity contribution is -0.141. The predicted octanol–water partition coefficient (Wildman–Crippen LogP) is 6.17. The van der Waals surface area contributed by atoms with Crippen LogP contribution in [-0.4, -0.2) is 112 Å². The second kappa shape index (κ2) is 22.1. The normalized spacial score (nSPS) is 18.6. The number of ether oxygens (including phenoxy) is 1. The van der Waals surface area contributed by atoms with Crippen LogP contribution in [0.25, 0.3) is 10.1 Å². The van der Waals surface area contributed by atoms with Crippen LogP contribution in [0.2, 0.25) is 0 Å². The molecule has 2 unspecified atom stereocenters. The first-order chi connectivity index (χ1) is 33.9. The van der Waals surface area contributed by atoms with Crippen LogP contribution in [-0.2, 0) is 45.5 Å². The SMILES string of the molecule is CN(C(=O)[C@@H]1C[C@@H](OCC(=O)NCCCCCC#Cc2cccc3c2CN(C2CCC(=O)NC2=O)C3=O)CN1C(=O)C(NC(=O)c1cc2cc(C(F)(F)P(=O)(O)O)ccc2s1)C(C)(C)C)c1ccc(Br)cc1.